The third-order valence-corrected chi connectivity index (χ3v) is 4.32. The monoisotopic (exact) mass is 393 g/mol. The number of hydrogen-bond donors (Lipinski definition) is 0. The molecule has 0 fully saturated rings. The molecule has 1 heterocycles. The normalized spacial score (nSPS) is 11.6. The summed E-state index contributed by atoms with van der Waals surface area (Å²) in [6.07, 6.45) is 5.30. The second-order valence-electron chi connectivity index (χ2n) is 5.29. The van der Waals surface area contributed by atoms with Crippen molar-refractivity contribution in [3.8, 4) is 0 Å². The van der Waals surface area contributed by atoms with Crippen LogP contribution in [0.15, 0.2) is 66.3 Å². The van der Waals surface area contributed by atoms with Crippen molar-refractivity contribution in [2.24, 2.45) is 5.16 Å². The first-order valence-corrected chi connectivity index (χ1v) is 8.59. The molecule has 128 valence electrons. The number of nitrogens with zero attached hydrogens (tertiary/aromatic N) is 3. The summed E-state index contributed by atoms with van der Waals surface area (Å²) in [6.45, 7) is 0.771. The summed E-state index contributed by atoms with van der Waals surface area (Å²) in [5.41, 5.74) is 2.48. The third kappa shape index (κ3) is 4.98. The van der Waals surface area contributed by atoms with Crippen molar-refractivity contribution >= 4 is 40.5 Å². The van der Waals surface area contributed by atoms with Gasteiger partial charge in [0.1, 0.15) is 12.3 Å². The van der Waals surface area contributed by atoms with E-state index in [1.165, 1.54) is 0 Å². The lowest BCUT2D eigenvalue weighted by Gasteiger charge is -2.09. The molecule has 0 aliphatic carbocycles. The standard InChI is InChI=1S/C18H14Cl3N3O/c19-15-4-1-13(2-5-15)18(10-24-8-7-22-12-24)23-25-11-14-3-6-16(20)9-17(14)21/h1-9,12H,10-11H2. The van der Waals surface area contributed by atoms with Gasteiger partial charge >= 0.3 is 0 Å². The third-order valence-electron chi connectivity index (χ3n) is 3.48. The van der Waals surface area contributed by atoms with Gasteiger partial charge < -0.3 is 9.40 Å². The van der Waals surface area contributed by atoms with Crippen LogP contribution in [0.25, 0.3) is 0 Å². The number of rotatable bonds is 6. The van der Waals surface area contributed by atoms with Crippen LogP contribution < -0.4 is 0 Å². The molecule has 0 saturated heterocycles. The summed E-state index contributed by atoms with van der Waals surface area (Å²) >= 11 is 18.0. The average Bonchev–Trinajstić information content (AvgIpc) is 3.10. The Morgan fingerprint density at radius 3 is 2.48 bits per heavy atom. The van der Waals surface area contributed by atoms with E-state index in [0.717, 1.165) is 16.8 Å². The van der Waals surface area contributed by atoms with Crippen LogP contribution in [0.1, 0.15) is 11.1 Å². The highest BCUT2D eigenvalue weighted by Crippen LogP contribution is 2.21. The summed E-state index contributed by atoms with van der Waals surface area (Å²) in [6, 6.07) is 12.7. The molecule has 0 atom stereocenters. The number of benzene rings is 2. The molecule has 2 aromatic carbocycles. The van der Waals surface area contributed by atoms with Gasteiger partial charge in [-0.2, -0.15) is 0 Å². The summed E-state index contributed by atoms with van der Waals surface area (Å²) < 4.78 is 1.91. The number of hydrogen-bond acceptors (Lipinski definition) is 3. The fourth-order valence-corrected chi connectivity index (χ4v) is 2.78. The molecule has 3 aromatic rings. The second kappa shape index (κ2) is 8.39. The minimum Gasteiger partial charge on any atom is -0.391 e. The molecule has 0 radical (unpaired) electrons. The van der Waals surface area contributed by atoms with Gasteiger partial charge in [-0.1, -0.05) is 58.2 Å². The quantitative estimate of drug-likeness (QED) is 0.411. The van der Waals surface area contributed by atoms with E-state index in [1.54, 1.807) is 24.7 Å². The number of imidazole rings is 1. The van der Waals surface area contributed by atoms with Crippen LogP contribution in [-0.4, -0.2) is 15.3 Å². The van der Waals surface area contributed by atoms with E-state index in [9.17, 15) is 0 Å². The Morgan fingerprint density at radius 2 is 1.80 bits per heavy atom. The van der Waals surface area contributed by atoms with Gasteiger partial charge in [0.15, 0.2) is 0 Å². The van der Waals surface area contributed by atoms with Crippen LogP contribution in [0.2, 0.25) is 15.1 Å². The molecular formula is C18H14Cl3N3O. The van der Waals surface area contributed by atoms with Crippen molar-refractivity contribution < 1.29 is 4.84 Å². The van der Waals surface area contributed by atoms with Crippen molar-refractivity contribution in [3.05, 3.63) is 87.4 Å². The highest BCUT2D eigenvalue weighted by Gasteiger charge is 2.07. The first kappa shape index (κ1) is 17.8. The van der Waals surface area contributed by atoms with Gasteiger partial charge in [-0.3, -0.25) is 0 Å². The second-order valence-corrected chi connectivity index (χ2v) is 6.57. The molecule has 0 unspecified atom stereocenters. The zero-order valence-corrected chi connectivity index (χ0v) is 15.3. The van der Waals surface area contributed by atoms with Crippen LogP contribution in [0.3, 0.4) is 0 Å². The van der Waals surface area contributed by atoms with Crippen LogP contribution in [0.5, 0.6) is 0 Å². The van der Waals surface area contributed by atoms with Gasteiger partial charge in [-0.05, 0) is 24.3 Å². The van der Waals surface area contributed by atoms with Gasteiger partial charge in [0, 0.05) is 38.6 Å². The largest absolute Gasteiger partial charge is 0.391 e. The minimum atomic E-state index is 0.247. The molecule has 0 N–H and O–H groups in total. The Morgan fingerprint density at radius 1 is 1.04 bits per heavy atom. The summed E-state index contributed by atoms with van der Waals surface area (Å²) in [4.78, 5) is 9.58. The molecule has 3 rings (SSSR count). The minimum absolute atomic E-state index is 0.247. The average molecular weight is 395 g/mol. The molecule has 4 nitrogen and oxygen atoms in total. The lowest BCUT2D eigenvalue weighted by molar-refractivity contribution is 0.130. The number of oxime groups is 1. The molecule has 0 amide bonds. The topological polar surface area (TPSA) is 39.4 Å². The van der Waals surface area contributed by atoms with Crippen LogP contribution in [0.4, 0.5) is 0 Å². The molecule has 7 heteroatoms. The zero-order valence-electron chi connectivity index (χ0n) is 13.1. The van der Waals surface area contributed by atoms with Crippen LogP contribution >= 0.6 is 34.8 Å². The Balaban J connectivity index is 1.78. The summed E-state index contributed by atoms with van der Waals surface area (Å²) in [5, 5.41) is 6.09. The van der Waals surface area contributed by atoms with E-state index in [1.807, 2.05) is 41.1 Å². The van der Waals surface area contributed by atoms with Crippen molar-refractivity contribution in [1.82, 2.24) is 9.55 Å². The molecule has 1 aromatic heterocycles. The van der Waals surface area contributed by atoms with E-state index < -0.39 is 0 Å². The Bertz CT molecular complexity index is 862. The molecular weight excluding hydrogens is 381 g/mol. The maximum atomic E-state index is 6.15. The van der Waals surface area contributed by atoms with Crippen molar-refractivity contribution in [2.45, 2.75) is 13.2 Å². The first-order chi connectivity index (χ1) is 12.1. The van der Waals surface area contributed by atoms with Gasteiger partial charge in [0.2, 0.25) is 0 Å². The van der Waals surface area contributed by atoms with Gasteiger partial charge in [0.25, 0.3) is 0 Å². The van der Waals surface area contributed by atoms with E-state index >= 15 is 0 Å². The molecule has 0 saturated carbocycles. The predicted octanol–water partition coefficient (Wildman–Crippen LogP) is 5.46. The number of halogens is 3. The highest BCUT2D eigenvalue weighted by molar-refractivity contribution is 6.35. The van der Waals surface area contributed by atoms with Gasteiger partial charge in [0.05, 0.1) is 12.9 Å². The maximum Gasteiger partial charge on any atom is 0.143 e. The molecule has 0 aliphatic heterocycles. The Kier molecular flexibility index (Phi) is 5.97. The smallest absolute Gasteiger partial charge is 0.143 e. The van der Waals surface area contributed by atoms with E-state index in [-0.39, 0.29) is 6.61 Å². The van der Waals surface area contributed by atoms with E-state index in [2.05, 4.69) is 10.1 Å². The molecule has 25 heavy (non-hydrogen) atoms. The fourth-order valence-electron chi connectivity index (χ4n) is 2.19. The summed E-state index contributed by atoms with van der Waals surface area (Å²) in [5.74, 6) is 0. The van der Waals surface area contributed by atoms with Gasteiger partial charge in [-0.15, -0.1) is 0 Å². The summed E-state index contributed by atoms with van der Waals surface area (Å²) in [7, 11) is 0. The van der Waals surface area contributed by atoms with Gasteiger partial charge in [-0.25, -0.2) is 4.98 Å². The van der Waals surface area contributed by atoms with E-state index in [0.29, 0.717) is 21.6 Å². The predicted molar refractivity (Wildman–Crippen MR) is 101 cm³/mol. The lowest BCUT2D eigenvalue weighted by atomic mass is 10.1. The van der Waals surface area contributed by atoms with Crippen molar-refractivity contribution in [2.75, 3.05) is 0 Å². The molecule has 0 spiro atoms. The first-order valence-electron chi connectivity index (χ1n) is 7.46. The number of aromatic nitrogens is 2. The Hall–Kier alpha value is -2.01. The highest BCUT2D eigenvalue weighted by atomic mass is 35.5. The lowest BCUT2D eigenvalue weighted by Crippen LogP contribution is -2.11. The SMILES string of the molecule is Clc1ccc(C(Cn2ccnc2)=NOCc2ccc(Cl)cc2Cl)cc1. The fraction of sp³-hybridized carbons (Fsp3) is 0.111. The van der Waals surface area contributed by atoms with Crippen LogP contribution in [-0.2, 0) is 18.0 Å². The van der Waals surface area contributed by atoms with E-state index in [4.69, 9.17) is 39.6 Å². The molecule has 0 aliphatic rings. The van der Waals surface area contributed by atoms with Crippen LogP contribution in [0, 0.1) is 0 Å². The molecule has 0 bridgehead atoms. The van der Waals surface area contributed by atoms with Crippen molar-refractivity contribution in [1.29, 1.82) is 0 Å². The Labute approximate surface area is 160 Å². The van der Waals surface area contributed by atoms with Crippen molar-refractivity contribution in [3.63, 3.8) is 0 Å². The zero-order chi connectivity index (χ0) is 17.6. The maximum absolute atomic E-state index is 6.15.